The van der Waals surface area contributed by atoms with Gasteiger partial charge in [-0.2, -0.15) is 0 Å². The van der Waals surface area contributed by atoms with E-state index in [1.165, 1.54) is 16.9 Å². The van der Waals surface area contributed by atoms with Gasteiger partial charge in [0.05, 0.1) is 4.88 Å². The summed E-state index contributed by atoms with van der Waals surface area (Å²) in [5.41, 5.74) is 1.31. The number of benzene rings is 1. The van der Waals surface area contributed by atoms with Crippen molar-refractivity contribution in [3.05, 3.63) is 56.7 Å². The van der Waals surface area contributed by atoms with Crippen LogP contribution in [0.5, 0.6) is 0 Å². The molecule has 2 aromatic rings. The van der Waals surface area contributed by atoms with Crippen LogP contribution < -0.4 is 5.32 Å². The molecule has 1 N–H and O–H groups in total. The third kappa shape index (κ3) is 4.46. The first-order valence-corrected chi connectivity index (χ1v) is 8.20. The van der Waals surface area contributed by atoms with E-state index in [0.29, 0.717) is 6.54 Å². The van der Waals surface area contributed by atoms with E-state index in [1.54, 1.807) is 0 Å². The highest BCUT2D eigenvalue weighted by molar-refractivity contribution is 9.10. The van der Waals surface area contributed by atoms with Gasteiger partial charge in [0.2, 0.25) is 0 Å². The second-order valence-electron chi connectivity index (χ2n) is 5.63. The van der Waals surface area contributed by atoms with Gasteiger partial charge in [0, 0.05) is 11.0 Å². The number of carbonyl (C=O) groups excluding carboxylic acids is 1. The van der Waals surface area contributed by atoms with Crippen molar-refractivity contribution in [3.63, 3.8) is 0 Å². The molecule has 0 fully saturated rings. The van der Waals surface area contributed by atoms with E-state index in [2.05, 4.69) is 59.4 Å². The highest BCUT2D eigenvalue weighted by Crippen LogP contribution is 2.22. The number of thiophene rings is 1. The maximum absolute atomic E-state index is 11.9. The van der Waals surface area contributed by atoms with Gasteiger partial charge in [-0.15, -0.1) is 11.3 Å². The molecule has 2 rings (SSSR count). The van der Waals surface area contributed by atoms with Crippen molar-refractivity contribution >= 4 is 33.2 Å². The van der Waals surface area contributed by atoms with E-state index in [0.717, 1.165) is 15.8 Å². The predicted molar refractivity (Wildman–Crippen MR) is 88.3 cm³/mol. The van der Waals surface area contributed by atoms with Gasteiger partial charge in [0.25, 0.3) is 5.91 Å². The van der Waals surface area contributed by atoms with Crippen LogP contribution in [0.1, 0.15) is 29.1 Å². The van der Waals surface area contributed by atoms with E-state index in [9.17, 15) is 4.79 Å². The average molecular weight is 352 g/mol. The van der Waals surface area contributed by atoms with Crippen LogP contribution >= 0.6 is 27.3 Å². The van der Waals surface area contributed by atoms with Crippen LogP contribution in [-0.2, 0) is 6.42 Å². The van der Waals surface area contributed by atoms with Crippen LogP contribution in [0.15, 0.2) is 46.3 Å². The van der Waals surface area contributed by atoms with E-state index < -0.39 is 0 Å². The number of carbonyl (C=O) groups is 1. The van der Waals surface area contributed by atoms with Crippen molar-refractivity contribution in [1.29, 1.82) is 0 Å². The Morgan fingerprint density at radius 1 is 1.25 bits per heavy atom. The minimum atomic E-state index is 0.0175. The van der Waals surface area contributed by atoms with Crippen LogP contribution in [0.4, 0.5) is 0 Å². The molecule has 20 heavy (non-hydrogen) atoms. The highest BCUT2D eigenvalue weighted by Gasteiger charge is 2.20. The van der Waals surface area contributed by atoms with Gasteiger partial charge in [-0.1, -0.05) is 48.0 Å². The van der Waals surface area contributed by atoms with Crippen molar-refractivity contribution in [1.82, 2.24) is 5.32 Å². The molecule has 0 unspecified atom stereocenters. The monoisotopic (exact) mass is 351 g/mol. The first-order chi connectivity index (χ1) is 9.46. The van der Waals surface area contributed by atoms with Crippen molar-refractivity contribution in [3.8, 4) is 0 Å². The molecule has 0 aliphatic rings. The van der Waals surface area contributed by atoms with E-state index in [-0.39, 0.29) is 11.3 Å². The smallest absolute Gasteiger partial charge is 0.261 e. The Hall–Kier alpha value is -1.13. The number of amides is 1. The van der Waals surface area contributed by atoms with Crippen LogP contribution in [0, 0.1) is 5.41 Å². The van der Waals surface area contributed by atoms with Crippen LogP contribution in [0.3, 0.4) is 0 Å². The predicted octanol–water partition coefficient (Wildman–Crippen LogP) is 4.51. The zero-order chi connectivity index (χ0) is 14.6. The lowest BCUT2D eigenvalue weighted by molar-refractivity contribution is 0.0940. The Morgan fingerprint density at radius 3 is 2.55 bits per heavy atom. The summed E-state index contributed by atoms with van der Waals surface area (Å²) >= 11 is 4.91. The Kier molecular flexibility index (Phi) is 5.00. The molecular weight excluding hydrogens is 334 g/mol. The van der Waals surface area contributed by atoms with Crippen LogP contribution in [-0.4, -0.2) is 12.5 Å². The molecule has 1 heterocycles. The second kappa shape index (κ2) is 6.55. The van der Waals surface area contributed by atoms with Crippen molar-refractivity contribution in [2.24, 2.45) is 5.41 Å². The fourth-order valence-corrected chi connectivity index (χ4v) is 2.94. The lowest BCUT2D eigenvalue weighted by atomic mass is 9.85. The van der Waals surface area contributed by atoms with Gasteiger partial charge in [0.15, 0.2) is 0 Å². The van der Waals surface area contributed by atoms with E-state index >= 15 is 0 Å². The molecule has 0 aliphatic heterocycles. The minimum absolute atomic E-state index is 0.0175. The first-order valence-electron chi connectivity index (χ1n) is 6.52. The molecule has 1 aromatic carbocycles. The SMILES string of the molecule is CC(C)(CNC(=O)c1cccs1)Cc1ccc(Br)cc1. The first kappa shape index (κ1) is 15.3. The lowest BCUT2D eigenvalue weighted by Crippen LogP contribution is -2.34. The highest BCUT2D eigenvalue weighted by atomic mass is 79.9. The average Bonchev–Trinajstić information content (AvgIpc) is 2.93. The quantitative estimate of drug-likeness (QED) is 0.843. The fourth-order valence-electron chi connectivity index (χ4n) is 2.03. The Balaban J connectivity index is 1.90. The van der Waals surface area contributed by atoms with E-state index in [1.807, 2.05) is 17.5 Å². The number of hydrogen-bond acceptors (Lipinski definition) is 2. The maximum Gasteiger partial charge on any atom is 0.261 e. The number of nitrogens with one attached hydrogen (secondary N) is 1. The van der Waals surface area contributed by atoms with Gasteiger partial charge < -0.3 is 5.32 Å². The molecule has 0 aliphatic carbocycles. The summed E-state index contributed by atoms with van der Waals surface area (Å²) in [6.07, 6.45) is 0.936. The number of hydrogen-bond donors (Lipinski definition) is 1. The van der Waals surface area contributed by atoms with Gasteiger partial charge in [-0.05, 0) is 41.0 Å². The molecule has 0 spiro atoms. The standard InChI is InChI=1S/C16H18BrNOS/c1-16(2,10-12-5-7-13(17)8-6-12)11-18-15(19)14-4-3-9-20-14/h3-9H,10-11H2,1-2H3,(H,18,19). The molecule has 0 bridgehead atoms. The van der Waals surface area contributed by atoms with Crippen LogP contribution in [0.25, 0.3) is 0 Å². The summed E-state index contributed by atoms with van der Waals surface area (Å²) in [4.78, 5) is 12.7. The number of rotatable bonds is 5. The summed E-state index contributed by atoms with van der Waals surface area (Å²) in [6.45, 7) is 5.01. The topological polar surface area (TPSA) is 29.1 Å². The molecule has 2 nitrogen and oxygen atoms in total. The summed E-state index contributed by atoms with van der Waals surface area (Å²) in [5.74, 6) is 0.0175. The molecule has 4 heteroatoms. The second-order valence-corrected chi connectivity index (χ2v) is 7.49. The molecule has 106 valence electrons. The normalized spacial score (nSPS) is 11.3. The zero-order valence-corrected chi connectivity index (χ0v) is 14.1. The van der Waals surface area contributed by atoms with Gasteiger partial charge in [0.1, 0.15) is 0 Å². The molecular formula is C16H18BrNOS. The Labute approximate surface area is 132 Å². The molecule has 1 aromatic heterocycles. The van der Waals surface area contributed by atoms with Crippen LogP contribution in [0.2, 0.25) is 0 Å². The fraction of sp³-hybridized carbons (Fsp3) is 0.312. The molecule has 0 saturated carbocycles. The van der Waals surface area contributed by atoms with Crippen molar-refractivity contribution < 1.29 is 4.79 Å². The summed E-state index contributed by atoms with van der Waals surface area (Å²) in [7, 11) is 0. The van der Waals surface area contributed by atoms with Gasteiger partial charge in [-0.25, -0.2) is 0 Å². The summed E-state index contributed by atoms with van der Waals surface area (Å²) in [5, 5.41) is 4.94. The van der Waals surface area contributed by atoms with Gasteiger partial charge >= 0.3 is 0 Å². The minimum Gasteiger partial charge on any atom is -0.351 e. The van der Waals surface area contributed by atoms with Crippen molar-refractivity contribution in [2.45, 2.75) is 20.3 Å². The van der Waals surface area contributed by atoms with E-state index in [4.69, 9.17) is 0 Å². The Morgan fingerprint density at radius 2 is 1.95 bits per heavy atom. The zero-order valence-electron chi connectivity index (χ0n) is 11.7. The molecule has 0 radical (unpaired) electrons. The largest absolute Gasteiger partial charge is 0.351 e. The third-order valence-corrected chi connectivity index (χ3v) is 4.47. The Bertz CT molecular complexity index is 561. The lowest BCUT2D eigenvalue weighted by Gasteiger charge is -2.25. The summed E-state index contributed by atoms with van der Waals surface area (Å²) in [6, 6.07) is 12.1. The molecule has 0 atom stereocenters. The molecule has 1 amide bonds. The third-order valence-electron chi connectivity index (χ3n) is 3.07. The summed E-state index contributed by atoms with van der Waals surface area (Å²) < 4.78 is 1.09. The van der Waals surface area contributed by atoms with Crippen molar-refractivity contribution in [2.75, 3.05) is 6.54 Å². The maximum atomic E-state index is 11.9. The van der Waals surface area contributed by atoms with Gasteiger partial charge in [-0.3, -0.25) is 4.79 Å². The number of halogens is 1. The molecule has 0 saturated heterocycles.